The van der Waals surface area contributed by atoms with E-state index in [2.05, 4.69) is 44.6 Å². The highest BCUT2D eigenvalue weighted by Gasteiger charge is 2.25. The van der Waals surface area contributed by atoms with Crippen molar-refractivity contribution in [2.45, 2.75) is 38.8 Å². The summed E-state index contributed by atoms with van der Waals surface area (Å²) < 4.78 is 2.30. The minimum absolute atomic E-state index is 0.424. The molecule has 4 heterocycles. The van der Waals surface area contributed by atoms with Gasteiger partial charge in [-0.15, -0.1) is 0 Å². The Morgan fingerprint density at radius 3 is 3.18 bits per heavy atom. The zero-order chi connectivity index (χ0) is 15.1. The van der Waals surface area contributed by atoms with Crippen LogP contribution in [0.3, 0.4) is 0 Å². The molecule has 0 aromatic carbocycles. The van der Waals surface area contributed by atoms with E-state index in [1.165, 1.54) is 11.5 Å². The van der Waals surface area contributed by atoms with Crippen LogP contribution in [0.5, 0.6) is 0 Å². The number of fused-ring (bicyclic) bond motifs is 2. The van der Waals surface area contributed by atoms with Crippen LogP contribution in [0.1, 0.15) is 24.9 Å². The Morgan fingerprint density at radius 2 is 2.32 bits per heavy atom. The Hall–Kier alpha value is -2.37. The molecular weight excluding hydrogens is 276 g/mol. The first kappa shape index (κ1) is 13.3. The van der Waals surface area contributed by atoms with Crippen molar-refractivity contribution in [1.29, 1.82) is 0 Å². The maximum absolute atomic E-state index is 4.75. The maximum atomic E-state index is 4.75. The molecule has 3 aromatic rings. The van der Waals surface area contributed by atoms with E-state index in [0.29, 0.717) is 6.04 Å². The van der Waals surface area contributed by atoms with Crippen LogP contribution in [0, 0.1) is 0 Å². The number of anilines is 1. The van der Waals surface area contributed by atoms with Gasteiger partial charge < -0.3 is 14.5 Å². The zero-order valence-electron chi connectivity index (χ0n) is 13.0. The molecule has 1 N–H and O–H groups in total. The van der Waals surface area contributed by atoms with Gasteiger partial charge >= 0.3 is 0 Å². The number of H-pyrrole nitrogens is 1. The summed E-state index contributed by atoms with van der Waals surface area (Å²) in [5.41, 5.74) is 2.08. The summed E-state index contributed by atoms with van der Waals surface area (Å²) in [7, 11) is 2.12. The molecule has 3 aromatic heterocycles. The molecule has 0 saturated carbocycles. The van der Waals surface area contributed by atoms with Gasteiger partial charge in [0, 0.05) is 38.4 Å². The summed E-state index contributed by atoms with van der Waals surface area (Å²) in [4.78, 5) is 18.9. The highest BCUT2D eigenvalue weighted by molar-refractivity contribution is 5.87. The lowest BCUT2D eigenvalue weighted by atomic mass is 10.0. The van der Waals surface area contributed by atoms with Gasteiger partial charge in [-0.05, 0) is 18.9 Å². The van der Waals surface area contributed by atoms with Crippen molar-refractivity contribution in [1.82, 2.24) is 24.5 Å². The number of aromatic amines is 1. The van der Waals surface area contributed by atoms with Gasteiger partial charge in [0.05, 0.1) is 11.1 Å². The number of likely N-dealkylation sites (N-methyl/N-ethyl adjacent to an activating group) is 1. The highest BCUT2D eigenvalue weighted by Crippen LogP contribution is 2.27. The summed E-state index contributed by atoms with van der Waals surface area (Å²) in [6.45, 7) is 3.18. The van der Waals surface area contributed by atoms with Crippen LogP contribution in [-0.4, -0.2) is 37.6 Å². The smallest absolute Gasteiger partial charge is 0.142 e. The second-order valence-electron chi connectivity index (χ2n) is 5.89. The maximum Gasteiger partial charge on any atom is 0.142 e. The van der Waals surface area contributed by atoms with E-state index in [4.69, 9.17) is 4.98 Å². The van der Waals surface area contributed by atoms with Crippen LogP contribution < -0.4 is 4.90 Å². The second kappa shape index (κ2) is 5.12. The van der Waals surface area contributed by atoms with Crippen molar-refractivity contribution in [3.8, 4) is 0 Å². The molecule has 0 aliphatic carbocycles. The average molecular weight is 296 g/mol. The van der Waals surface area contributed by atoms with Crippen LogP contribution in [-0.2, 0) is 19.4 Å². The van der Waals surface area contributed by atoms with Gasteiger partial charge in [0.1, 0.15) is 23.6 Å². The Balaban J connectivity index is 1.63. The van der Waals surface area contributed by atoms with Gasteiger partial charge in [-0.1, -0.05) is 6.92 Å². The first-order chi connectivity index (χ1) is 10.8. The molecule has 6 heteroatoms. The first-order valence-corrected chi connectivity index (χ1v) is 7.82. The van der Waals surface area contributed by atoms with Gasteiger partial charge in [0.25, 0.3) is 0 Å². The van der Waals surface area contributed by atoms with Crippen LogP contribution >= 0.6 is 0 Å². The summed E-state index contributed by atoms with van der Waals surface area (Å²) in [5.74, 6) is 2.19. The topological polar surface area (TPSA) is 62.6 Å². The molecule has 0 saturated heterocycles. The summed E-state index contributed by atoms with van der Waals surface area (Å²) in [6.07, 6.45) is 8.81. The molecule has 1 aliphatic rings. The van der Waals surface area contributed by atoms with Gasteiger partial charge in [-0.2, -0.15) is 0 Å². The number of nitrogens with one attached hydrogen (secondary N) is 1. The highest BCUT2D eigenvalue weighted by atomic mass is 15.2. The molecule has 0 amide bonds. The molecule has 4 rings (SSSR count). The number of aromatic nitrogens is 5. The Kier molecular flexibility index (Phi) is 3.10. The third-order valence-electron chi connectivity index (χ3n) is 4.61. The van der Waals surface area contributed by atoms with E-state index in [1.54, 1.807) is 6.33 Å². The quantitative estimate of drug-likeness (QED) is 0.804. The first-order valence-electron chi connectivity index (χ1n) is 7.82. The van der Waals surface area contributed by atoms with Crippen molar-refractivity contribution in [2.24, 2.45) is 0 Å². The van der Waals surface area contributed by atoms with Crippen LogP contribution in [0.25, 0.3) is 11.0 Å². The van der Waals surface area contributed by atoms with E-state index in [9.17, 15) is 0 Å². The fourth-order valence-corrected chi connectivity index (χ4v) is 3.28. The molecule has 22 heavy (non-hydrogen) atoms. The number of hydrogen-bond donors (Lipinski definition) is 1. The average Bonchev–Trinajstić information content (AvgIpc) is 3.18. The lowest BCUT2D eigenvalue weighted by Crippen LogP contribution is -2.38. The molecule has 1 aliphatic heterocycles. The van der Waals surface area contributed by atoms with E-state index < -0.39 is 0 Å². The van der Waals surface area contributed by atoms with E-state index in [-0.39, 0.29) is 0 Å². The number of imidazole rings is 1. The van der Waals surface area contributed by atoms with E-state index in [0.717, 1.165) is 42.7 Å². The van der Waals surface area contributed by atoms with Gasteiger partial charge in [0.2, 0.25) is 0 Å². The van der Waals surface area contributed by atoms with Crippen LogP contribution in [0.2, 0.25) is 0 Å². The Morgan fingerprint density at radius 1 is 1.41 bits per heavy atom. The van der Waals surface area contributed by atoms with Crippen LogP contribution in [0.4, 0.5) is 5.82 Å². The van der Waals surface area contributed by atoms with Crippen molar-refractivity contribution >= 4 is 16.9 Å². The number of hydrogen-bond acceptors (Lipinski definition) is 4. The predicted octanol–water partition coefficient (Wildman–Crippen LogP) is 2.17. The molecule has 1 unspecified atom stereocenters. The van der Waals surface area contributed by atoms with Crippen molar-refractivity contribution in [2.75, 3.05) is 11.9 Å². The summed E-state index contributed by atoms with van der Waals surface area (Å²) in [6, 6.07) is 2.47. The Labute approximate surface area is 129 Å². The van der Waals surface area contributed by atoms with Crippen molar-refractivity contribution in [3.63, 3.8) is 0 Å². The molecule has 0 radical (unpaired) electrons. The van der Waals surface area contributed by atoms with Gasteiger partial charge in [-0.25, -0.2) is 15.0 Å². The largest absolute Gasteiger partial charge is 0.356 e. The number of aryl methyl sites for hydroxylation is 2. The normalized spacial score (nSPS) is 17.6. The van der Waals surface area contributed by atoms with Crippen LogP contribution in [0.15, 0.2) is 24.8 Å². The van der Waals surface area contributed by atoms with Crippen molar-refractivity contribution in [3.05, 3.63) is 36.3 Å². The standard InChI is InChI=1S/C16H20N6/c1-3-11-9-22-7-5-12(8-14(22)20-11)21(2)16-13-4-6-17-15(13)18-10-19-16/h4,6,9-10,12H,3,5,7-8H2,1-2H3,(H,17,18,19). The minimum atomic E-state index is 0.424. The molecule has 114 valence electrons. The third kappa shape index (κ3) is 2.06. The fraction of sp³-hybridized carbons (Fsp3) is 0.438. The molecule has 0 fully saturated rings. The van der Waals surface area contributed by atoms with E-state index >= 15 is 0 Å². The second-order valence-corrected chi connectivity index (χ2v) is 5.89. The molecule has 0 spiro atoms. The van der Waals surface area contributed by atoms with Crippen molar-refractivity contribution < 1.29 is 0 Å². The lowest BCUT2D eigenvalue weighted by Gasteiger charge is -2.32. The Bertz CT molecular complexity index is 802. The third-order valence-corrected chi connectivity index (χ3v) is 4.61. The summed E-state index contributed by atoms with van der Waals surface area (Å²) in [5, 5.41) is 1.08. The van der Waals surface area contributed by atoms with Gasteiger partial charge in [0.15, 0.2) is 0 Å². The van der Waals surface area contributed by atoms with E-state index in [1.807, 2.05) is 12.3 Å². The SMILES string of the molecule is CCc1cn2c(n1)CC(N(C)c1ncnc3[nH]ccc13)CC2. The lowest BCUT2D eigenvalue weighted by molar-refractivity contribution is 0.448. The zero-order valence-corrected chi connectivity index (χ0v) is 13.0. The predicted molar refractivity (Wildman–Crippen MR) is 86.0 cm³/mol. The molecular formula is C16H20N6. The molecule has 6 nitrogen and oxygen atoms in total. The number of nitrogens with zero attached hydrogens (tertiary/aromatic N) is 5. The molecule has 1 atom stereocenters. The fourth-order valence-electron chi connectivity index (χ4n) is 3.28. The summed E-state index contributed by atoms with van der Waals surface area (Å²) >= 11 is 0. The molecule has 0 bridgehead atoms. The monoisotopic (exact) mass is 296 g/mol. The van der Waals surface area contributed by atoms with Gasteiger partial charge in [-0.3, -0.25) is 0 Å². The number of rotatable bonds is 3. The minimum Gasteiger partial charge on any atom is -0.356 e.